The molecule has 74 valence electrons. The normalized spacial score (nSPS) is 14.2. The predicted octanol–water partition coefficient (Wildman–Crippen LogP) is 4.56. The molecular formula is C14H11Br. The largest absolute Gasteiger partial charge is 0.0836 e. The number of hydrogen-bond donors (Lipinski definition) is 0. The number of allylic oxidation sites excluding steroid dienone is 1. The van der Waals surface area contributed by atoms with E-state index in [1.807, 2.05) is 0 Å². The molecule has 0 atom stereocenters. The van der Waals surface area contributed by atoms with Crippen LogP contribution >= 0.6 is 15.9 Å². The van der Waals surface area contributed by atoms with Gasteiger partial charge in [0.2, 0.25) is 0 Å². The molecule has 0 radical (unpaired) electrons. The first-order valence-corrected chi connectivity index (χ1v) is 6.02. The predicted molar refractivity (Wildman–Crippen MR) is 69.0 cm³/mol. The van der Waals surface area contributed by atoms with Gasteiger partial charge in [-0.1, -0.05) is 52.3 Å². The average Bonchev–Trinajstić information content (AvgIpc) is 2.30. The molecule has 2 aromatic rings. The monoisotopic (exact) mass is 258 g/mol. The van der Waals surface area contributed by atoms with Gasteiger partial charge in [-0.05, 0) is 40.8 Å². The second-order valence-corrected chi connectivity index (χ2v) is 4.77. The van der Waals surface area contributed by atoms with Gasteiger partial charge in [0.05, 0.1) is 0 Å². The van der Waals surface area contributed by atoms with Gasteiger partial charge in [-0.3, -0.25) is 0 Å². The summed E-state index contributed by atoms with van der Waals surface area (Å²) in [5.74, 6) is 0. The number of hydrogen-bond acceptors (Lipinski definition) is 0. The summed E-state index contributed by atoms with van der Waals surface area (Å²) in [5.41, 5.74) is 2.85. The zero-order chi connectivity index (χ0) is 10.3. The lowest BCUT2D eigenvalue weighted by Gasteiger charge is -2.15. The van der Waals surface area contributed by atoms with Crippen molar-refractivity contribution in [1.29, 1.82) is 0 Å². The molecule has 0 spiro atoms. The quantitative estimate of drug-likeness (QED) is 0.650. The molecule has 1 aliphatic carbocycles. The smallest absolute Gasteiger partial charge is 0.0219 e. The zero-order valence-electron chi connectivity index (χ0n) is 8.33. The molecule has 0 N–H and O–H groups in total. The van der Waals surface area contributed by atoms with Gasteiger partial charge in [0.25, 0.3) is 0 Å². The third-order valence-electron chi connectivity index (χ3n) is 2.99. The first-order valence-electron chi connectivity index (χ1n) is 5.23. The average molecular weight is 259 g/mol. The Hall–Kier alpha value is -1.08. The van der Waals surface area contributed by atoms with Crippen molar-refractivity contribution in [3.8, 4) is 0 Å². The lowest BCUT2D eigenvalue weighted by molar-refractivity contribution is 0.983. The number of halogens is 1. The van der Waals surface area contributed by atoms with Crippen LogP contribution < -0.4 is 0 Å². The highest BCUT2D eigenvalue weighted by atomic mass is 79.9. The highest BCUT2D eigenvalue weighted by Gasteiger charge is 2.11. The summed E-state index contributed by atoms with van der Waals surface area (Å²) in [4.78, 5) is 0. The van der Waals surface area contributed by atoms with Gasteiger partial charge in [0.1, 0.15) is 0 Å². The fraction of sp³-hybridized carbons (Fsp3) is 0.143. The van der Waals surface area contributed by atoms with Crippen molar-refractivity contribution in [2.24, 2.45) is 0 Å². The summed E-state index contributed by atoms with van der Waals surface area (Å²) in [6, 6.07) is 10.8. The van der Waals surface area contributed by atoms with E-state index in [1.54, 1.807) is 0 Å². The molecule has 0 heterocycles. The minimum Gasteiger partial charge on any atom is -0.0836 e. The van der Waals surface area contributed by atoms with Crippen molar-refractivity contribution in [3.05, 3.63) is 52.0 Å². The Bertz CT molecular complexity index is 553. The molecule has 0 bridgehead atoms. The standard InChI is InChI=1S/C14H11Br/c15-14-9-10-5-1-2-6-11(10)12-7-3-4-8-13(12)14/h1-3,5-7,9H,4,8H2. The van der Waals surface area contributed by atoms with Gasteiger partial charge in [0.15, 0.2) is 0 Å². The van der Waals surface area contributed by atoms with E-state index in [9.17, 15) is 0 Å². The Morgan fingerprint density at radius 3 is 2.93 bits per heavy atom. The van der Waals surface area contributed by atoms with Crippen molar-refractivity contribution in [2.75, 3.05) is 0 Å². The van der Waals surface area contributed by atoms with Crippen molar-refractivity contribution >= 4 is 32.8 Å². The Labute approximate surface area is 97.7 Å². The Kier molecular flexibility index (Phi) is 2.14. The van der Waals surface area contributed by atoms with E-state index in [0.717, 1.165) is 12.8 Å². The van der Waals surface area contributed by atoms with Crippen LogP contribution in [0.1, 0.15) is 17.5 Å². The molecule has 2 aromatic carbocycles. The molecule has 1 aliphatic rings. The molecule has 1 heteroatoms. The van der Waals surface area contributed by atoms with E-state index in [4.69, 9.17) is 0 Å². The van der Waals surface area contributed by atoms with Gasteiger partial charge in [-0.25, -0.2) is 0 Å². The van der Waals surface area contributed by atoms with Crippen molar-refractivity contribution in [2.45, 2.75) is 12.8 Å². The van der Waals surface area contributed by atoms with E-state index >= 15 is 0 Å². The summed E-state index contributed by atoms with van der Waals surface area (Å²) < 4.78 is 1.25. The van der Waals surface area contributed by atoms with Gasteiger partial charge in [-0.2, -0.15) is 0 Å². The topological polar surface area (TPSA) is 0 Å². The van der Waals surface area contributed by atoms with Crippen LogP contribution in [0.5, 0.6) is 0 Å². The highest BCUT2D eigenvalue weighted by Crippen LogP contribution is 2.33. The van der Waals surface area contributed by atoms with Crippen LogP contribution in [0, 0.1) is 0 Å². The molecule has 0 amide bonds. The van der Waals surface area contributed by atoms with E-state index in [-0.39, 0.29) is 0 Å². The minimum atomic E-state index is 1.15. The maximum atomic E-state index is 3.67. The lowest BCUT2D eigenvalue weighted by atomic mass is 9.92. The van der Waals surface area contributed by atoms with E-state index in [0.29, 0.717) is 0 Å². The van der Waals surface area contributed by atoms with E-state index in [2.05, 4.69) is 58.4 Å². The van der Waals surface area contributed by atoms with Gasteiger partial charge >= 0.3 is 0 Å². The van der Waals surface area contributed by atoms with Gasteiger partial charge < -0.3 is 0 Å². The van der Waals surface area contributed by atoms with Crippen molar-refractivity contribution < 1.29 is 0 Å². The lowest BCUT2D eigenvalue weighted by Crippen LogP contribution is -1.96. The third-order valence-corrected chi connectivity index (χ3v) is 3.70. The molecule has 0 aliphatic heterocycles. The van der Waals surface area contributed by atoms with E-state index < -0.39 is 0 Å². The second kappa shape index (κ2) is 3.49. The first kappa shape index (κ1) is 9.17. The first-order chi connectivity index (χ1) is 7.36. The summed E-state index contributed by atoms with van der Waals surface area (Å²) in [6.07, 6.45) is 6.83. The molecule has 15 heavy (non-hydrogen) atoms. The summed E-state index contributed by atoms with van der Waals surface area (Å²) in [6.45, 7) is 0. The fourth-order valence-electron chi connectivity index (χ4n) is 2.26. The highest BCUT2D eigenvalue weighted by molar-refractivity contribution is 9.10. The second-order valence-electron chi connectivity index (χ2n) is 3.91. The molecule has 0 fully saturated rings. The van der Waals surface area contributed by atoms with Crippen molar-refractivity contribution in [1.82, 2.24) is 0 Å². The molecule has 0 nitrogen and oxygen atoms in total. The molecule has 0 aromatic heterocycles. The van der Waals surface area contributed by atoms with Crippen LogP contribution in [-0.4, -0.2) is 0 Å². The van der Waals surface area contributed by atoms with Crippen LogP contribution in [0.2, 0.25) is 0 Å². The molecule has 0 saturated carbocycles. The summed E-state index contributed by atoms with van der Waals surface area (Å²) >= 11 is 3.67. The van der Waals surface area contributed by atoms with Crippen LogP contribution in [0.4, 0.5) is 0 Å². The van der Waals surface area contributed by atoms with Crippen LogP contribution in [0.3, 0.4) is 0 Å². The van der Waals surface area contributed by atoms with Crippen molar-refractivity contribution in [3.63, 3.8) is 0 Å². The molecular weight excluding hydrogens is 248 g/mol. The maximum absolute atomic E-state index is 3.67. The molecule has 0 saturated heterocycles. The van der Waals surface area contributed by atoms with Gasteiger partial charge in [-0.15, -0.1) is 0 Å². The fourth-order valence-corrected chi connectivity index (χ4v) is 2.91. The number of fused-ring (bicyclic) bond motifs is 3. The Morgan fingerprint density at radius 1 is 1.13 bits per heavy atom. The maximum Gasteiger partial charge on any atom is 0.0219 e. The van der Waals surface area contributed by atoms with Crippen LogP contribution in [0.25, 0.3) is 16.8 Å². The molecule has 0 unspecified atom stereocenters. The zero-order valence-corrected chi connectivity index (χ0v) is 9.92. The third kappa shape index (κ3) is 1.42. The number of rotatable bonds is 0. The number of benzene rings is 2. The van der Waals surface area contributed by atoms with Crippen LogP contribution in [0.15, 0.2) is 40.9 Å². The van der Waals surface area contributed by atoms with Crippen LogP contribution in [-0.2, 0) is 6.42 Å². The summed E-state index contributed by atoms with van der Waals surface area (Å²) in [7, 11) is 0. The van der Waals surface area contributed by atoms with E-state index in [1.165, 1.54) is 26.4 Å². The Balaban J connectivity index is 2.46. The summed E-state index contributed by atoms with van der Waals surface area (Å²) in [5, 5.41) is 2.68. The van der Waals surface area contributed by atoms with Gasteiger partial charge in [0, 0.05) is 4.47 Å². The Morgan fingerprint density at radius 2 is 2.00 bits per heavy atom. The molecule has 3 rings (SSSR count). The SMILES string of the molecule is Brc1cc2ccccc2c2c1CCC=C2. The minimum absolute atomic E-state index is 1.15.